The topological polar surface area (TPSA) is 46.0 Å². The molecule has 0 unspecified atom stereocenters. The van der Waals surface area contributed by atoms with Crippen molar-refractivity contribution in [3.05, 3.63) is 29.8 Å². The highest BCUT2D eigenvalue weighted by Crippen LogP contribution is 2.31. The second-order valence-corrected chi connectivity index (χ2v) is 5.29. The standard InChI is InChI=1S/C14H18F3N3O2/c1-19-5-7-20(8-6-19)18-13(21)10-22-12-4-2-3-11(9-12)14(15,16)17/h2-4,9H,5-8,10H2,1H3,(H,18,21)/p+1. The number of halogens is 3. The van der Waals surface area contributed by atoms with E-state index in [0.29, 0.717) is 0 Å². The Morgan fingerprint density at radius 2 is 2.05 bits per heavy atom. The SMILES string of the molecule is C[NH+]1CCN(NC(=O)COc2cccc(C(F)(F)F)c2)CC1. The molecule has 5 nitrogen and oxygen atoms in total. The van der Waals surface area contributed by atoms with Crippen LogP contribution in [-0.4, -0.2) is 50.7 Å². The zero-order valence-electron chi connectivity index (χ0n) is 12.2. The number of alkyl halides is 3. The Morgan fingerprint density at radius 3 is 2.68 bits per heavy atom. The molecule has 0 atom stereocenters. The van der Waals surface area contributed by atoms with E-state index in [1.807, 2.05) is 0 Å². The normalized spacial score (nSPS) is 17.3. The van der Waals surface area contributed by atoms with Crippen LogP contribution in [0.15, 0.2) is 24.3 Å². The van der Waals surface area contributed by atoms with Crippen molar-refractivity contribution >= 4 is 5.91 Å². The molecule has 1 heterocycles. The molecule has 0 saturated carbocycles. The van der Waals surface area contributed by atoms with Gasteiger partial charge in [0.1, 0.15) is 5.75 Å². The number of benzene rings is 1. The van der Waals surface area contributed by atoms with Crippen LogP contribution in [0.3, 0.4) is 0 Å². The van der Waals surface area contributed by atoms with Crippen molar-refractivity contribution in [3.8, 4) is 5.75 Å². The average molecular weight is 318 g/mol. The van der Waals surface area contributed by atoms with Gasteiger partial charge in [-0.2, -0.15) is 13.2 Å². The molecular formula is C14H19F3N3O2+. The summed E-state index contributed by atoms with van der Waals surface area (Å²) in [7, 11) is 2.08. The minimum atomic E-state index is -4.43. The van der Waals surface area contributed by atoms with Crippen molar-refractivity contribution in [3.63, 3.8) is 0 Å². The molecule has 1 aromatic rings. The van der Waals surface area contributed by atoms with Crippen molar-refractivity contribution in [2.75, 3.05) is 39.8 Å². The maximum atomic E-state index is 12.6. The number of hydrogen-bond acceptors (Lipinski definition) is 3. The number of carbonyl (C=O) groups excluding carboxylic acids is 1. The summed E-state index contributed by atoms with van der Waals surface area (Å²) in [6, 6.07) is 4.48. The van der Waals surface area contributed by atoms with Gasteiger partial charge in [0.25, 0.3) is 5.91 Å². The van der Waals surface area contributed by atoms with Crippen molar-refractivity contribution in [2.24, 2.45) is 0 Å². The Balaban J connectivity index is 1.81. The number of quaternary nitrogens is 1. The lowest BCUT2D eigenvalue weighted by molar-refractivity contribution is -0.884. The molecule has 0 aliphatic carbocycles. The van der Waals surface area contributed by atoms with Gasteiger partial charge in [-0.1, -0.05) is 6.07 Å². The lowest BCUT2D eigenvalue weighted by Gasteiger charge is -2.30. The quantitative estimate of drug-likeness (QED) is 0.818. The third-order valence-corrected chi connectivity index (χ3v) is 3.43. The number of amides is 1. The number of piperazine rings is 1. The van der Waals surface area contributed by atoms with Crippen LogP contribution < -0.4 is 15.1 Å². The number of carbonyl (C=O) groups is 1. The molecule has 122 valence electrons. The fourth-order valence-corrected chi connectivity index (χ4v) is 2.12. The van der Waals surface area contributed by atoms with Gasteiger partial charge in [-0.05, 0) is 18.2 Å². The summed E-state index contributed by atoms with van der Waals surface area (Å²) < 4.78 is 42.8. The fourth-order valence-electron chi connectivity index (χ4n) is 2.12. The predicted molar refractivity (Wildman–Crippen MR) is 73.3 cm³/mol. The van der Waals surface area contributed by atoms with Gasteiger partial charge >= 0.3 is 6.18 Å². The monoisotopic (exact) mass is 318 g/mol. The number of nitrogens with zero attached hydrogens (tertiary/aromatic N) is 1. The molecular weight excluding hydrogens is 299 g/mol. The molecule has 0 bridgehead atoms. The maximum Gasteiger partial charge on any atom is 0.416 e. The van der Waals surface area contributed by atoms with Crippen molar-refractivity contribution < 1.29 is 27.6 Å². The first-order valence-electron chi connectivity index (χ1n) is 7.00. The largest absolute Gasteiger partial charge is 0.484 e. The lowest BCUT2D eigenvalue weighted by Crippen LogP contribution is -3.12. The molecule has 1 fully saturated rings. The van der Waals surface area contributed by atoms with E-state index in [2.05, 4.69) is 12.5 Å². The Labute approximate surface area is 126 Å². The first-order valence-corrected chi connectivity index (χ1v) is 7.00. The van der Waals surface area contributed by atoms with Crippen molar-refractivity contribution in [2.45, 2.75) is 6.18 Å². The van der Waals surface area contributed by atoms with Crippen LogP contribution in [-0.2, 0) is 11.0 Å². The van der Waals surface area contributed by atoms with Gasteiger partial charge in [0.2, 0.25) is 0 Å². The van der Waals surface area contributed by atoms with E-state index >= 15 is 0 Å². The summed E-state index contributed by atoms with van der Waals surface area (Å²) in [5.41, 5.74) is 1.89. The highest BCUT2D eigenvalue weighted by atomic mass is 19.4. The summed E-state index contributed by atoms with van der Waals surface area (Å²) in [5.74, 6) is -0.357. The van der Waals surface area contributed by atoms with E-state index in [0.717, 1.165) is 38.3 Å². The van der Waals surface area contributed by atoms with E-state index in [1.165, 1.54) is 17.0 Å². The van der Waals surface area contributed by atoms with Gasteiger partial charge in [0, 0.05) is 0 Å². The van der Waals surface area contributed by atoms with Crippen LogP contribution in [0.25, 0.3) is 0 Å². The molecule has 1 aliphatic rings. The van der Waals surface area contributed by atoms with Crippen LogP contribution in [0.4, 0.5) is 13.2 Å². The Hall–Kier alpha value is -1.80. The molecule has 0 radical (unpaired) electrons. The number of likely N-dealkylation sites (N-methyl/N-ethyl adjacent to an activating group) is 1. The Bertz CT molecular complexity index is 514. The molecule has 1 aliphatic heterocycles. The van der Waals surface area contributed by atoms with E-state index in [1.54, 1.807) is 5.01 Å². The van der Waals surface area contributed by atoms with Crippen LogP contribution in [0.2, 0.25) is 0 Å². The van der Waals surface area contributed by atoms with Gasteiger partial charge < -0.3 is 9.64 Å². The van der Waals surface area contributed by atoms with Gasteiger partial charge in [-0.15, -0.1) is 0 Å². The molecule has 0 spiro atoms. The Morgan fingerprint density at radius 1 is 1.36 bits per heavy atom. The Kier molecular flexibility index (Phi) is 5.25. The molecule has 0 aromatic heterocycles. The molecule has 1 saturated heterocycles. The van der Waals surface area contributed by atoms with E-state index in [4.69, 9.17) is 4.74 Å². The maximum absolute atomic E-state index is 12.6. The second-order valence-electron chi connectivity index (χ2n) is 5.29. The average Bonchev–Trinajstić information content (AvgIpc) is 2.47. The van der Waals surface area contributed by atoms with Gasteiger partial charge in [0.05, 0.1) is 38.8 Å². The minimum absolute atomic E-state index is 0.0211. The first-order chi connectivity index (χ1) is 10.3. The van der Waals surface area contributed by atoms with Crippen LogP contribution >= 0.6 is 0 Å². The summed E-state index contributed by atoms with van der Waals surface area (Å²) in [6.07, 6.45) is -4.43. The molecule has 1 amide bonds. The smallest absolute Gasteiger partial charge is 0.416 e. The third kappa shape index (κ3) is 4.88. The molecule has 2 N–H and O–H groups in total. The molecule has 1 aromatic carbocycles. The second kappa shape index (κ2) is 6.97. The van der Waals surface area contributed by atoms with Gasteiger partial charge in [0.15, 0.2) is 6.61 Å². The van der Waals surface area contributed by atoms with Crippen LogP contribution in [0.5, 0.6) is 5.75 Å². The van der Waals surface area contributed by atoms with E-state index < -0.39 is 11.7 Å². The molecule has 2 rings (SSSR count). The highest BCUT2D eigenvalue weighted by Gasteiger charge is 2.30. The zero-order chi connectivity index (χ0) is 16.2. The highest BCUT2D eigenvalue weighted by molar-refractivity contribution is 5.77. The third-order valence-electron chi connectivity index (χ3n) is 3.43. The molecule has 8 heteroatoms. The van der Waals surface area contributed by atoms with E-state index in [-0.39, 0.29) is 18.3 Å². The summed E-state index contributed by atoms with van der Waals surface area (Å²) in [4.78, 5) is 13.1. The summed E-state index contributed by atoms with van der Waals surface area (Å²) in [6.45, 7) is 3.01. The summed E-state index contributed by atoms with van der Waals surface area (Å²) in [5, 5.41) is 1.80. The number of hydrazine groups is 1. The predicted octanol–water partition coefficient (Wildman–Crippen LogP) is -0.0543. The van der Waals surface area contributed by atoms with E-state index in [9.17, 15) is 18.0 Å². The number of rotatable bonds is 4. The van der Waals surface area contributed by atoms with Crippen LogP contribution in [0.1, 0.15) is 5.56 Å². The van der Waals surface area contributed by atoms with Gasteiger partial charge in [-0.25, -0.2) is 5.01 Å². The minimum Gasteiger partial charge on any atom is -0.484 e. The lowest BCUT2D eigenvalue weighted by atomic mass is 10.2. The number of nitrogens with one attached hydrogen (secondary N) is 2. The van der Waals surface area contributed by atoms with Crippen LogP contribution in [0, 0.1) is 0 Å². The van der Waals surface area contributed by atoms with Crippen molar-refractivity contribution in [1.82, 2.24) is 10.4 Å². The molecule has 22 heavy (non-hydrogen) atoms. The summed E-state index contributed by atoms with van der Waals surface area (Å²) >= 11 is 0. The van der Waals surface area contributed by atoms with Crippen molar-refractivity contribution in [1.29, 1.82) is 0 Å². The first kappa shape index (κ1) is 16.6. The number of hydrogen-bond donors (Lipinski definition) is 2. The zero-order valence-corrected chi connectivity index (χ0v) is 12.2. The van der Waals surface area contributed by atoms with Gasteiger partial charge in [-0.3, -0.25) is 10.2 Å². The number of ether oxygens (including phenoxy) is 1. The fraction of sp³-hybridized carbons (Fsp3) is 0.500.